The van der Waals surface area contributed by atoms with Crippen LogP contribution in [0.1, 0.15) is 18.9 Å². The molecule has 1 aliphatic heterocycles. The van der Waals surface area contributed by atoms with Crippen molar-refractivity contribution in [2.45, 2.75) is 20.3 Å². The summed E-state index contributed by atoms with van der Waals surface area (Å²) in [6, 6.07) is 7.34. The van der Waals surface area contributed by atoms with Crippen LogP contribution in [0.25, 0.3) is 0 Å². The van der Waals surface area contributed by atoms with Gasteiger partial charge in [-0.3, -0.25) is 9.10 Å². The Balaban J connectivity index is 2.02. The van der Waals surface area contributed by atoms with Gasteiger partial charge in [-0.15, -0.1) is 0 Å². The Morgan fingerprint density at radius 2 is 1.79 bits per heavy atom. The number of benzene rings is 1. The lowest BCUT2D eigenvalue weighted by atomic mass is 10.2. The third kappa shape index (κ3) is 4.70. The number of sulfonamides is 1. The molecular formula is C17H27N3O3S. The third-order valence-electron chi connectivity index (χ3n) is 4.49. The summed E-state index contributed by atoms with van der Waals surface area (Å²) < 4.78 is 25.6. The van der Waals surface area contributed by atoms with Crippen molar-refractivity contribution in [2.75, 3.05) is 49.8 Å². The summed E-state index contributed by atoms with van der Waals surface area (Å²) in [6.07, 6.45) is 1.39. The Morgan fingerprint density at radius 1 is 1.17 bits per heavy atom. The summed E-state index contributed by atoms with van der Waals surface area (Å²) in [5.74, 6) is 0.0213. The van der Waals surface area contributed by atoms with Crippen LogP contribution in [0.4, 0.5) is 5.69 Å². The number of para-hydroxylation sites is 1. The molecule has 7 heteroatoms. The van der Waals surface area contributed by atoms with Gasteiger partial charge in [-0.1, -0.05) is 25.1 Å². The molecule has 0 radical (unpaired) electrons. The SMILES string of the molecule is CCN1CCN(C(=O)CCN(c2ccccc2C)S(C)(=O)=O)CC1. The zero-order chi connectivity index (χ0) is 17.7. The van der Waals surface area contributed by atoms with Crippen molar-refractivity contribution in [3.05, 3.63) is 29.8 Å². The van der Waals surface area contributed by atoms with Crippen LogP contribution >= 0.6 is 0 Å². The van der Waals surface area contributed by atoms with Gasteiger partial charge < -0.3 is 9.80 Å². The van der Waals surface area contributed by atoms with E-state index >= 15 is 0 Å². The minimum atomic E-state index is -3.43. The van der Waals surface area contributed by atoms with Crippen molar-refractivity contribution >= 4 is 21.6 Å². The maximum atomic E-state index is 12.4. The number of aryl methyl sites for hydroxylation is 1. The summed E-state index contributed by atoms with van der Waals surface area (Å²) in [5.41, 5.74) is 1.52. The zero-order valence-corrected chi connectivity index (χ0v) is 15.6. The number of nitrogens with zero attached hydrogens (tertiary/aromatic N) is 3. The third-order valence-corrected chi connectivity index (χ3v) is 5.67. The molecule has 0 aromatic heterocycles. The van der Waals surface area contributed by atoms with E-state index in [1.807, 2.05) is 30.0 Å². The molecule has 1 aromatic carbocycles. The molecule has 0 saturated carbocycles. The first-order valence-corrected chi connectivity index (χ1v) is 10.2. The molecule has 1 saturated heterocycles. The van der Waals surface area contributed by atoms with Gasteiger partial charge in [0.1, 0.15) is 0 Å². The van der Waals surface area contributed by atoms with Gasteiger partial charge in [0.2, 0.25) is 15.9 Å². The highest BCUT2D eigenvalue weighted by molar-refractivity contribution is 7.92. The van der Waals surface area contributed by atoms with Crippen LogP contribution in [0.15, 0.2) is 24.3 Å². The monoisotopic (exact) mass is 353 g/mol. The van der Waals surface area contributed by atoms with E-state index in [0.29, 0.717) is 5.69 Å². The fraction of sp³-hybridized carbons (Fsp3) is 0.588. The lowest BCUT2D eigenvalue weighted by Crippen LogP contribution is -2.49. The van der Waals surface area contributed by atoms with Crippen LogP contribution in [0.5, 0.6) is 0 Å². The Bertz CT molecular complexity index is 667. The highest BCUT2D eigenvalue weighted by Gasteiger charge is 2.23. The molecule has 134 valence electrons. The van der Waals surface area contributed by atoms with Crippen LogP contribution in [-0.2, 0) is 14.8 Å². The van der Waals surface area contributed by atoms with E-state index in [1.165, 1.54) is 10.6 Å². The summed E-state index contributed by atoms with van der Waals surface area (Å²) in [6.45, 7) is 8.37. The number of hydrogen-bond donors (Lipinski definition) is 0. The van der Waals surface area contributed by atoms with Crippen LogP contribution in [0, 0.1) is 6.92 Å². The van der Waals surface area contributed by atoms with E-state index in [9.17, 15) is 13.2 Å². The van der Waals surface area contributed by atoms with Gasteiger partial charge in [0.25, 0.3) is 0 Å². The van der Waals surface area contributed by atoms with Crippen LogP contribution in [0.2, 0.25) is 0 Å². The van der Waals surface area contributed by atoms with E-state index in [1.54, 1.807) is 6.07 Å². The molecule has 1 amide bonds. The Kier molecular flexibility index (Phi) is 6.23. The largest absolute Gasteiger partial charge is 0.340 e. The molecule has 1 heterocycles. The summed E-state index contributed by atoms with van der Waals surface area (Å²) >= 11 is 0. The minimum Gasteiger partial charge on any atom is -0.340 e. The van der Waals surface area contributed by atoms with Gasteiger partial charge in [0, 0.05) is 39.1 Å². The normalized spacial score (nSPS) is 16.2. The molecule has 0 atom stereocenters. The van der Waals surface area contributed by atoms with Gasteiger partial charge in [-0.25, -0.2) is 8.42 Å². The zero-order valence-electron chi connectivity index (χ0n) is 14.7. The lowest BCUT2D eigenvalue weighted by molar-refractivity contribution is -0.132. The number of amides is 1. The number of anilines is 1. The van der Waals surface area contributed by atoms with Crippen LogP contribution < -0.4 is 4.31 Å². The topological polar surface area (TPSA) is 60.9 Å². The first kappa shape index (κ1) is 18.7. The quantitative estimate of drug-likeness (QED) is 0.774. The van der Waals surface area contributed by atoms with E-state index in [-0.39, 0.29) is 18.9 Å². The van der Waals surface area contributed by atoms with Crippen molar-refractivity contribution in [3.63, 3.8) is 0 Å². The van der Waals surface area contributed by atoms with Gasteiger partial charge in [0.05, 0.1) is 11.9 Å². The van der Waals surface area contributed by atoms with Crippen LogP contribution in [0.3, 0.4) is 0 Å². The van der Waals surface area contributed by atoms with E-state index in [2.05, 4.69) is 11.8 Å². The minimum absolute atomic E-state index is 0.0213. The van der Waals surface area contributed by atoms with Crippen molar-refractivity contribution < 1.29 is 13.2 Å². The molecule has 0 unspecified atom stereocenters. The molecule has 1 aromatic rings. The molecule has 24 heavy (non-hydrogen) atoms. The molecule has 6 nitrogen and oxygen atoms in total. The molecule has 0 aliphatic carbocycles. The molecule has 0 N–H and O–H groups in total. The maximum Gasteiger partial charge on any atom is 0.232 e. The van der Waals surface area contributed by atoms with Crippen molar-refractivity contribution in [3.8, 4) is 0 Å². The molecule has 1 aliphatic rings. The fourth-order valence-electron chi connectivity index (χ4n) is 2.98. The maximum absolute atomic E-state index is 12.4. The highest BCUT2D eigenvalue weighted by atomic mass is 32.2. The van der Waals surface area contributed by atoms with Gasteiger partial charge in [-0.2, -0.15) is 0 Å². The summed E-state index contributed by atoms with van der Waals surface area (Å²) in [4.78, 5) is 16.6. The number of hydrogen-bond acceptors (Lipinski definition) is 4. The second kappa shape index (κ2) is 7.98. The molecule has 0 bridgehead atoms. The standard InChI is InChI=1S/C17H27N3O3S/c1-4-18-11-13-19(14-12-18)17(21)9-10-20(24(3,22)23)16-8-6-5-7-15(16)2/h5-8H,4,9-14H2,1-3H3. The predicted molar refractivity (Wildman–Crippen MR) is 96.7 cm³/mol. The van der Waals surface area contributed by atoms with Gasteiger partial charge in [0.15, 0.2) is 0 Å². The Hall–Kier alpha value is -1.60. The molecular weight excluding hydrogens is 326 g/mol. The average Bonchev–Trinajstić information content (AvgIpc) is 2.55. The van der Waals surface area contributed by atoms with Crippen molar-refractivity contribution in [1.29, 1.82) is 0 Å². The number of carbonyl (C=O) groups excluding carboxylic acids is 1. The first-order chi connectivity index (χ1) is 11.3. The number of likely N-dealkylation sites (N-methyl/N-ethyl adjacent to an activating group) is 1. The number of carbonyl (C=O) groups is 1. The summed E-state index contributed by atoms with van der Waals surface area (Å²) in [5, 5.41) is 0. The average molecular weight is 353 g/mol. The van der Waals surface area contributed by atoms with E-state index in [0.717, 1.165) is 38.3 Å². The lowest BCUT2D eigenvalue weighted by Gasteiger charge is -2.34. The second-order valence-electron chi connectivity index (χ2n) is 6.19. The summed E-state index contributed by atoms with van der Waals surface area (Å²) in [7, 11) is -3.43. The molecule has 2 rings (SSSR count). The van der Waals surface area contributed by atoms with Gasteiger partial charge >= 0.3 is 0 Å². The van der Waals surface area contributed by atoms with Crippen molar-refractivity contribution in [1.82, 2.24) is 9.80 Å². The Morgan fingerprint density at radius 3 is 2.33 bits per heavy atom. The van der Waals surface area contributed by atoms with Crippen LogP contribution in [-0.4, -0.2) is 69.6 Å². The van der Waals surface area contributed by atoms with E-state index < -0.39 is 10.0 Å². The highest BCUT2D eigenvalue weighted by Crippen LogP contribution is 2.22. The van der Waals surface area contributed by atoms with Gasteiger partial charge in [-0.05, 0) is 25.1 Å². The molecule has 0 spiro atoms. The second-order valence-corrected chi connectivity index (χ2v) is 8.09. The fourth-order valence-corrected chi connectivity index (χ4v) is 3.96. The molecule has 1 fully saturated rings. The van der Waals surface area contributed by atoms with Crippen molar-refractivity contribution in [2.24, 2.45) is 0 Å². The Labute approximate surface area is 145 Å². The number of rotatable bonds is 6. The smallest absolute Gasteiger partial charge is 0.232 e. The first-order valence-electron chi connectivity index (χ1n) is 8.36. The van der Waals surface area contributed by atoms with E-state index in [4.69, 9.17) is 0 Å². The number of piperazine rings is 1. The predicted octanol–water partition coefficient (Wildman–Crippen LogP) is 1.32.